The van der Waals surface area contributed by atoms with Crippen molar-refractivity contribution in [2.75, 3.05) is 13.1 Å². The summed E-state index contributed by atoms with van der Waals surface area (Å²) in [6, 6.07) is 6.42. The van der Waals surface area contributed by atoms with Crippen molar-refractivity contribution in [3.63, 3.8) is 0 Å². The van der Waals surface area contributed by atoms with E-state index >= 15 is 0 Å². The minimum absolute atomic E-state index is 0.821. The number of hydrogen-bond acceptors (Lipinski definition) is 3. The van der Waals surface area contributed by atoms with Gasteiger partial charge in [-0.15, -0.1) is 0 Å². The fraction of sp³-hybridized carbons (Fsp3) is 0.462. The Morgan fingerprint density at radius 1 is 1.31 bits per heavy atom. The van der Waals surface area contributed by atoms with Gasteiger partial charge in [0.25, 0.3) is 0 Å². The van der Waals surface area contributed by atoms with Crippen LogP contribution < -0.4 is 5.32 Å². The van der Waals surface area contributed by atoms with Gasteiger partial charge in [0, 0.05) is 5.39 Å². The first kappa shape index (κ1) is 9.85. The molecule has 1 aliphatic rings. The Morgan fingerprint density at radius 3 is 3.06 bits per heavy atom. The largest absolute Gasteiger partial charge is 0.356 e. The van der Waals surface area contributed by atoms with E-state index in [0.29, 0.717) is 0 Å². The second kappa shape index (κ2) is 4.26. The molecule has 0 bridgehead atoms. The van der Waals surface area contributed by atoms with Crippen molar-refractivity contribution in [1.29, 1.82) is 0 Å². The zero-order valence-electron chi connectivity index (χ0n) is 9.28. The standard InChI is InChI=1S/C13H16N2O/c1-2-12-9-15-16-13(12)8-11(1)7-10-3-5-14-6-4-10/h1-2,8-10,14H,3-7H2. The summed E-state index contributed by atoms with van der Waals surface area (Å²) in [5.74, 6) is 0.821. The number of aromatic nitrogens is 1. The highest BCUT2D eigenvalue weighted by molar-refractivity contribution is 5.76. The molecule has 1 fully saturated rings. The van der Waals surface area contributed by atoms with Crippen LogP contribution in [0.25, 0.3) is 11.0 Å². The first-order valence-corrected chi connectivity index (χ1v) is 5.96. The summed E-state index contributed by atoms with van der Waals surface area (Å²) < 4.78 is 5.19. The lowest BCUT2D eigenvalue weighted by atomic mass is 9.91. The van der Waals surface area contributed by atoms with Gasteiger partial charge in [-0.25, -0.2) is 0 Å². The summed E-state index contributed by atoms with van der Waals surface area (Å²) in [4.78, 5) is 0. The smallest absolute Gasteiger partial charge is 0.167 e. The molecule has 1 N–H and O–H groups in total. The second-order valence-electron chi connectivity index (χ2n) is 4.60. The molecule has 3 nitrogen and oxygen atoms in total. The van der Waals surface area contributed by atoms with E-state index in [1.54, 1.807) is 6.20 Å². The van der Waals surface area contributed by atoms with Crippen LogP contribution in [0.1, 0.15) is 18.4 Å². The Bertz CT molecular complexity index is 471. The van der Waals surface area contributed by atoms with Crippen LogP contribution >= 0.6 is 0 Å². The minimum atomic E-state index is 0.821. The van der Waals surface area contributed by atoms with Gasteiger partial charge in [0.05, 0.1) is 6.20 Å². The van der Waals surface area contributed by atoms with Gasteiger partial charge in [0.1, 0.15) is 0 Å². The van der Waals surface area contributed by atoms with E-state index < -0.39 is 0 Å². The molecule has 84 valence electrons. The first-order chi connectivity index (χ1) is 7.92. The van der Waals surface area contributed by atoms with E-state index in [1.807, 2.05) is 0 Å². The highest BCUT2D eigenvalue weighted by Crippen LogP contribution is 2.21. The monoisotopic (exact) mass is 216 g/mol. The van der Waals surface area contributed by atoms with Gasteiger partial charge in [-0.05, 0) is 56.0 Å². The van der Waals surface area contributed by atoms with Crippen LogP contribution in [0.4, 0.5) is 0 Å². The average Bonchev–Trinajstić information content (AvgIpc) is 2.77. The molecule has 0 amide bonds. The lowest BCUT2D eigenvalue weighted by molar-refractivity contribution is 0.372. The van der Waals surface area contributed by atoms with Crippen LogP contribution in [0.3, 0.4) is 0 Å². The molecule has 1 aromatic heterocycles. The third-order valence-corrected chi connectivity index (χ3v) is 3.40. The SMILES string of the molecule is c1cc2cnoc2cc1CC1CCNCC1. The van der Waals surface area contributed by atoms with Crippen molar-refractivity contribution in [3.8, 4) is 0 Å². The number of fused-ring (bicyclic) bond motifs is 1. The van der Waals surface area contributed by atoms with Crippen LogP contribution in [0.15, 0.2) is 28.9 Å². The van der Waals surface area contributed by atoms with E-state index in [-0.39, 0.29) is 0 Å². The van der Waals surface area contributed by atoms with Crippen LogP contribution in [-0.2, 0) is 6.42 Å². The summed E-state index contributed by atoms with van der Waals surface area (Å²) in [6.45, 7) is 2.32. The zero-order valence-corrected chi connectivity index (χ0v) is 9.28. The highest BCUT2D eigenvalue weighted by atomic mass is 16.5. The quantitative estimate of drug-likeness (QED) is 0.837. The van der Waals surface area contributed by atoms with Gasteiger partial charge < -0.3 is 9.84 Å². The summed E-state index contributed by atoms with van der Waals surface area (Å²) in [5.41, 5.74) is 2.28. The lowest BCUT2D eigenvalue weighted by Gasteiger charge is -2.22. The van der Waals surface area contributed by atoms with Gasteiger partial charge in [-0.3, -0.25) is 0 Å². The normalized spacial score (nSPS) is 18.0. The molecule has 0 spiro atoms. The van der Waals surface area contributed by atoms with Crippen LogP contribution in [0.2, 0.25) is 0 Å². The van der Waals surface area contributed by atoms with Gasteiger partial charge in [-0.2, -0.15) is 0 Å². The Morgan fingerprint density at radius 2 is 2.19 bits per heavy atom. The Hall–Kier alpha value is -1.35. The van der Waals surface area contributed by atoms with E-state index in [2.05, 4.69) is 28.7 Å². The maximum absolute atomic E-state index is 5.19. The molecule has 0 atom stereocenters. The maximum Gasteiger partial charge on any atom is 0.167 e. The Labute approximate surface area is 94.8 Å². The number of benzene rings is 1. The van der Waals surface area contributed by atoms with E-state index in [4.69, 9.17) is 4.52 Å². The van der Waals surface area contributed by atoms with Crippen molar-refractivity contribution in [2.45, 2.75) is 19.3 Å². The van der Waals surface area contributed by atoms with Crippen molar-refractivity contribution < 1.29 is 4.52 Å². The number of nitrogens with zero attached hydrogens (tertiary/aromatic N) is 1. The van der Waals surface area contributed by atoms with Gasteiger partial charge in [0.15, 0.2) is 5.58 Å². The van der Waals surface area contributed by atoms with Crippen LogP contribution in [-0.4, -0.2) is 18.2 Å². The van der Waals surface area contributed by atoms with E-state index in [1.165, 1.54) is 24.8 Å². The van der Waals surface area contributed by atoms with Crippen LogP contribution in [0.5, 0.6) is 0 Å². The van der Waals surface area contributed by atoms with E-state index in [9.17, 15) is 0 Å². The summed E-state index contributed by atoms with van der Waals surface area (Å²) in [7, 11) is 0. The molecule has 0 radical (unpaired) electrons. The lowest BCUT2D eigenvalue weighted by Crippen LogP contribution is -2.28. The third-order valence-electron chi connectivity index (χ3n) is 3.40. The van der Waals surface area contributed by atoms with E-state index in [0.717, 1.165) is 30.0 Å². The molecule has 0 saturated carbocycles. The summed E-state index contributed by atoms with van der Waals surface area (Å²) >= 11 is 0. The van der Waals surface area contributed by atoms with Gasteiger partial charge in [-0.1, -0.05) is 11.2 Å². The first-order valence-electron chi connectivity index (χ1n) is 5.96. The fourth-order valence-electron chi connectivity index (χ4n) is 2.45. The predicted molar refractivity (Wildman–Crippen MR) is 63.3 cm³/mol. The van der Waals surface area contributed by atoms with Crippen molar-refractivity contribution >= 4 is 11.0 Å². The third kappa shape index (κ3) is 1.95. The van der Waals surface area contributed by atoms with Gasteiger partial charge >= 0.3 is 0 Å². The van der Waals surface area contributed by atoms with Crippen molar-refractivity contribution in [2.24, 2.45) is 5.92 Å². The molecular formula is C13H16N2O. The maximum atomic E-state index is 5.19. The number of hydrogen-bond donors (Lipinski definition) is 1. The Kier molecular flexibility index (Phi) is 2.62. The van der Waals surface area contributed by atoms with Crippen molar-refractivity contribution in [1.82, 2.24) is 10.5 Å². The van der Waals surface area contributed by atoms with Crippen molar-refractivity contribution in [3.05, 3.63) is 30.0 Å². The topological polar surface area (TPSA) is 38.1 Å². The minimum Gasteiger partial charge on any atom is -0.356 e. The fourth-order valence-corrected chi connectivity index (χ4v) is 2.45. The number of rotatable bonds is 2. The summed E-state index contributed by atoms with van der Waals surface area (Å²) in [5, 5.41) is 8.29. The molecular weight excluding hydrogens is 200 g/mol. The average molecular weight is 216 g/mol. The molecule has 2 heterocycles. The molecule has 1 aromatic carbocycles. The molecule has 1 saturated heterocycles. The second-order valence-corrected chi connectivity index (χ2v) is 4.60. The molecule has 3 heteroatoms. The highest BCUT2D eigenvalue weighted by Gasteiger charge is 2.13. The predicted octanol–water partition coefficient (Wildman–Crippen LogP) is 2.37. The summed E-state index contributed by atoms with van der Waals surface area (Å²) in [6.07, 6.45) is 5.50. The number of piperidine rings is 1. The van der Waals surface area contributed by atoms with Gasteiger partial charge in [0.2, 0.25) is 0 Å². The van der Waals surface area contributed by atoms with Crippen LogP contribution in [0, 0.1) is 5.92 Å². The number of nitrogens with one attached hydrogen (secondary N) is 1. The molecule has 0 aliphatic carbocycles. The molecule has 1 aliphatic heterocycles. The molecule has 3 rings (SSSR count). The Balaban J connectivity index is 1.77. The molecule has 0 unspecified atom stereocenters. The molecule has 16 heavy (non-hydrogen) atoms. The zero-order chi connectivity index (χ0) is 10.8. The molecule has 2 aromatic rings.